The van der Waals surface area contributed by atoms with Crippen molar-refractivity contribution in [2.75, 3.05) is 13.2 Å². The summed E-state index contributed by atoms with van der Waals surface area (Å²) in [7, 11) is 0. The molecule has 104 valence electrons. The Morgan fingerprint density at radius 3 is 1.61 bits per heavy atom. The van der Waals surface area contributed by atoms with Gasteiger partial charge in [-0.2, -0.15) is 0 Å². The van der Waals surface area contributed by atoms with E-state index < -0.39 is 11.9 Å². The number of carbonyl (C=O) groups excluding carboxylic acids is 2. The zero-order valence-corrected chi connectivity index (χ0v) is 11.8. The molecule has 1 aliphatic rings. The predicted molar refractivity (Wildman–Crippen MR) is 67.9 cm³/mol. The summed E-state index contributed by atoms with van der Waals surface area (Å²) in [6.45, 7) is 9.49. The van der Waals surface area contributed by atoms with Gasteiger partial charge in [0.05, 0.1) is 13.2 Å². The van der Waals surface area contributed by atoms with Crippen molar-refractivity contribution in [3.05, 3.63) is 0 Å². The minimum atomic E-state index is -0.483. The zero-order valence-electron chi connectivity index (χ0n) is 11.8. The first-order valence-corrected chi connectivity index (χ1v) is 6.69. The molecule has 1 rings (SSSR count). The number of rotatable bonds is 2. The molecule has 0 radical (unpaired) electrons. The number of esters is 2. The van der Waals surface area contributed by atoms with Gasteiger partial charge in [0, 0.05) is 0 Å². The second-order valence-electron chi connectivity index (χ2n) is 5.66. The second-order valence-corrected chi connectivity index (χ2v) is 5.66. The largest absolute Gasteiger partial charge is 0.465 e. The maximum atomic E-state index is 11.3. The van der Waals surface area contributed by atoms with Gasteiger partial charge in [-0.05, 0) is 30.1 Å². The fourth-order valence-electron chi connectivity index (χ4n) is 2.88. The minimum Gasteiger partial charge on any atom is -0.465 e. The molecule has 0 aromatic rings. The molecule has 0 N–H and O–H groups in total. The lowest BCUT2D eigenvalue weighted by Crippen LogP contribution is -2.37. The van der Waals surface area contributed by atoms with E-state index in [1.165, 1.54) is 0 Å². The summed E-state index contributed by atoms with van der Waals surface area (Å²) in [6, 6.07) is 0. The van der Waals surface area contributed by atoms with Crippen LogP contribution in [0.1, 0.15) is 47.0 Å². The van der Waals surface area contributed by atoms with Crippen molar-refractivity contribution >= 4 is 11.9 Å². The lowest BCUT2D eigenvalue weighted by atomic mass is 9.65. The summed E-state index contributed by atoms with van der Waals surface area (Å²) in [6.07, 6.45) is 1.38. The third-order valence-electron chi connectivity index (χ3n) is 4.25. The molecule has 1 fully saturated rings. The predicted octanol–water partition coefficient (Wildman–Crippen LogP) is 2.56. The Hall–Kier alpha value is -1.06. The Morgan fingerprint density at radius 2 is 1.28 bits per heavy atom. The van der Waals surface area contributed by atoms with Crippen molar-refractivity contribution in [1.29, 1.82) is 0 Å². The second kappa shape index (κ2) is 6.21. The van der Waals surface area contributed by atoms with Gasteiger partial charge in [0.25, 0.3) is 0 Å². The topological polar surface area (TPSA) is 52.6 Å². The van der Waals surface area contributed by atoms with E-state index in [1.54, 1.807) is 0 Å². The van der Waals surface area contributed by atoms with Crippen LogP contribution in [0, 0.1) is 17.3 Å². The van der Waals surface area contributed by atoms with Crippen molar-refractivity contribution < 1.29 is 19.1 Å². The highest BCUT2D eigenvalue weighted by Gasteiger charge is 2.37. The fraction of sp³-hybridized carbons (Fsp3) is 0.857. The molecule has 0 unspecified atom stereocenters. The Balaban J connectivity index is 2.83. The van der Waals surface area contributed by atoms with Crippen LogP contribution in [-0.2, 0) is 19.1 Å². The highest BCUT2D eigenvalue weighted by Crippen LogP contribution is 2.42. The number of ether oxygens (including phenoxy) is 2. The Labute approximate surface area is 109 Å². The standard InChI is InChI=1S/C14H24O4/c1-10(2)14(11(3)4)5-7-17-12(15)9-13(16)18-8-6-14/h10-11H,5-9H2,1-4H3. The SMILES string of the molecule is CC(C)C1(C(C)C)CCOC(=O)CC(=O)OCC1. The first kappa shape index (κ1) is 15.0. The summed E-state index contributed by atoms with van der Waals surface area (Å²) in [5, 5.41) is 0. The smallest absolute Gasteiger partial charge is 0.317 e. The average molecular weight is 256 g/mol. The van der Waals surface area contributed by atoms with Gasteiger partial charge >= 0.3 is 11.9 Å². The van der Waals surface area contributed by atoms with E-state index in [-0.39, 0.29) is 11.8 Å². The molecule has 1 heterocycles. The van der Waals surface area contributed by atoms with E-state index >= 15 is 0 Å². The van der Waals surface area contributed by atoms with Crippen LogP contribution >= 0.6 is 0 Å². The van der Waals surface area contributed by atoms with Gasteiger partial charge in [-0.15, -0.1) is 0 Å². The highest BCUT2D eigenvalue weighted by atomic mass is 16.6. The Kier molecular flexibility index (Phi) is 5.17. The third-order valence-corrected chi connectivity index (χ3v) is 4.25. The zero-order chi connectivity index (χ0) is 13.8. The van der Waals surface area contributed by atoms with Crippen LogP contribution in [0.25, 0.3) is 0 Å². The minimum absolute atomic E-state index is 0.0535. The van der Waals surface area contributed by atoms with E-state index in [0.29, 0.717) is 25.0 Å². The Bertz CT molecular complexity index is 277. The summed E-state index contributed by atoms with van der Waals surface area (Å²) in [4.78, 5) is 22.7. The van der Waals surface area contributed by atoms with Crippen LogP contribution in [0.5, 0.6) is 0 Å². The Morgan fingerprint density at radius 1 is 0.889 bits per heavy atom. The number of hydrogen-bond donors (Lipinski definition) is 0. The lowest BCUT2D eigenvalue weighted by molar-refractivity contribution is -0.158. The van der Waals surface area contributed by atoms with Gasteiger partial charge < -0.3 is 9.47 Å². The maximum absolute atomic E-state index is 11.3. The molecule has 0 atom stereocenters. The monoisotopic (exact) mass is 256 g/mol. The highest BCUT2D eigenvalue weighted by molar-refractivity contribution is 5.91. The van der Waals surface area contributed by atoms with E-state index in [1.807, 2.05) is 0 Å². The van der Waals surface area contributed by atoms with Crippen LogP contribution in [-0.4, -0.2) is 25.2 Å². The molecular formula is C14H24O4. The van der Waals surface area contributed by atoms with E-state index in [4.69, 9.17) is 9.47 Å². The van der Waals surface area contributed by atoms with Crippen LogP contribution < -0.4 is 0 Å². The van der Waals surface area contributed by atoms with Gasteiger partial charge in [-0.3, -0.25) is 9.59 Å². The first-order valence-electron chi connectivity index (χ1n) is 6.69. The van der Waals surface area contributed by atoms with Crippen LogP contribution in [0.2, 0.25) is 0 Å². The van der Waals surface area contributed by atoms with Crippen molar-refractivity contribution in [2.45, 2.75) is 47.0 Å². The molecule has 1 aliphatic heterocycles. The van der Waals surface area contributed by atoms with Crippen molar-refractivity contribution in [3.8, 4) is 0 Å². The van der Waals surface area contributed by atoms with Crippen LogP contribution in [0.4, 0.5) is 0 Å². The molecule has 1 saturated heterocycles. The molecule has 0 aromatic carbocycles. The lowest BCUT2D eigenvalue weighted by Gasteiger charge is -2.41. The number of cyclic esters (lactones) is 2. The molecular weight excluding hydrogens is 232 g/mol. The third kappa shape index (κ3) is 3.47. The normalized spacial score (nSPS) is 21.7. The van der Waals surface area contributed by atoms with Gasteiger partial charge in [0.15, 0.2) is 0 Å². The molecule has 4 heteroatoms. The summed E-state index contributed by atoms with van der Waals surface area (Å²) in [5.74, 6) is -0.0599. The maximum Gasteiger partial charge on any atom is 0.317 e. The van der Waals surface area contributed by atoms with Gasteiger partial charge in [0.2, 0.25) is 0 Å². The van der Waals surface area contributed by atoms with Gasteiger partial charge in [0.1, 0.15) is 6.42 Å². The summed E-state index contributed by atoms with van der Waals surface area (Å²) < 4.78 is 10.2. The first-order chi connectivity index (χ1) is 8.38. The molecule has 0 aromatic heterocycles. The number of carbonyl (C=O) groups is 2. The van der Waals surface area contributed by atoms with Gasteiger partial charge in [-0.1, -0.05) is 27.7 Å². The van der Waals surface area contributed by atoms with Crippen LogP contribution in [0.3, 0.4) is 0 Å². The molecule has 18 heavy (non-hydrogen) atoms. The molecule has 4 nitrogen and oxygen atoms in total. The van der Waals surface area contributed by atoms with Crippen molar-refractivity contribution in [1.82, 2.24) is 0 Å². The summed E-state index contributed by atoms with van der Waals surface area (Å²) in [5.41, 5.74) is 0.0535. The van der Waals surface area contributed by atoms with E-state index in [2.05, 4.69) is 27.7 Å². The van der Waals surface area contributed by atoms with Gasteiger partial charge in [-0.25, -0.2) is 0 Å². The molecule has 0 aliphatic carbocycles. The van der Waals surface area contributed by atoms with Crippen molar-refractivity contribution in [2.24, 2.45) is 17.3 Å². The summed E-state index contributed by atoms with van der Waals surface area (Å²) >= 11 is 0. The average Bonchev–Trinajstić information content (AvgIpc) is 2.25. The van der Waals surface area contributed by atoms with Crippen LogP contribution in [0.15, 0.2) is 0 Å². The molecule has 0 bridgehead atoms. The number of hydrogen-bond acceptors (Lipinski definition) is 4. The molecule has 0 saturated carbocycles. The van der Waals surface area contributed by atoms with Crippen molar-refractivity contribution in [3.63, 3.8) is 0 Å². The quantitative estimate of drug-likeness (QED) is 0.563. The molecule has 0 amide bonds. The van der Waals surface area contributed by atoms with E-state index in [0.717, 1.165) is 12.8 Å². The molecule has 0 spiro atoms. The fourth-order valence-corrected chi connectivity index (χ4v) is 2.88. The van der Waals surface area contributed by atoms with E-state index in [9.17, 15) is 9.59 Å².